The number of hydrogen-bond donors (Lipinski definition) is 1. The van der Waals surface area contributed by atoms with Crippen LogP contribution in [0.3, 0.4) is 0 Å². The smallest absolute Gasteiger partial charge is 0.348 e. The van der Waals surface area contributed by atoms with Crippen molar-refractivity contribution in [1.82, 2.24) is 4.57 Å². The summed E-state index contributed by atoms with van der Waals surface area (Å²) in [5.41, 5.74) is 2.32. The Morgan fingerprint density at radius 3 is 2.33 bits per heavy atom. The third-order valence-electron chi connectivity index (χ3n) is 6.05. The first-order valence-corrected chi connectivity index (χ1v) is 11.8. The van der Waals surface area contributed by atoms with Gasteiger partial charge in [0.25, 0.3) is 0 Å². The highest BCUT2D eigenvalue weighted by atomic mass is 35.5. The number of ether oxygens (including phenoxy) is 1. The number of para-hydroxylation sites is 1. The predicted octanol–water partition coefficient (Wildman–Crippen LogP) is 6.76. The van der Waals surface area contributed by atoms with E-state index in [9.17, 15) is 14.7 Å². The van der Waals surface area contributed by atoms with Gasteiger partial charge in [0.05, 0.1) is 23.3 Å². The van der Waals surface area contributed by atoms with Crippen molar-refractivity contribution in [2.45, 2.75) is 13.8 Å². The van der Waals surface area contributed by atoms with Crippen LogP contribution in [0, 0.1) is 6.92 Å². The highest BCUT2D eigenvalue weighted by Crippen LogP contribution is 2.44. The van der Waals surface area contributed by atoms with Crippen LogP contribution in [0.25, 0.3) is 39.0 Å². The van der Waals surface area contributed by atoms with Crippen molar-refractivity contribution in [3.8, 4) is 33.8 Å². The molecule has 3 aromatic carbocycles. The largest absolute Gasteiger partial charge is 0.506 e. The Kier molecular flexibility index (Phi) is 6.12. The van der Waals surface area contributed by atoms with E-state index in [1.807, 2.05) is 47.0 Å². The number of esters is 1. The molecule has 0 saturated heterocycles. The van der Waals surface area contributed by atoms with Gasteiger partial charge in [-0.2, -0.15) is 0 Å². The lowest BCUT2D eigenvalue weighted by Gasteiger charge is -2.14. The molecule has 0 aliphatic heterocycles. The first kappa shape index (κ1) is 23.5. The van der Waals surface area contributed by atoms with E-state index < -0.39 is 11.6 Å². The molecule has 0 amide bonds. The van der Waals surface area contributed by atoms with Gasteiger partial charge >= 0.3 is 11.6 Å². The minimum Gasteiger partial charge on any atom is -0.506 e. The molecule has 0 unspecified atom stereocenters. The third-order valence-corrected chi connectivity index (χ3v) is 6.31. The van der Waals surface area contributed by atoms with Crippen LogP contribution in [0.1, 0.15) is 23.0 Å². The maximum atomic E-state index is 13.4. The molecule has 0 spiro atoms. The van der Waals surface area contributed by atoms with Crippen LogP contribution in [-0.4, -0.2) is 22.2 Å². The second-order valence-corrected chi connectivity index (χ2v) is 8.63. The van der Waals surface area contributed by atoms with E-state index >= 15 is 0 Å². The zero-order chi connectivity index (χ0) is 25.4. The van der Waals surface area contributed by atoms with Crippen LogP contribution in [0.4, 0.5) is 0 Å². The average molecular weight is 500 g/mol. The highest BCUT2D eigenvalue weighted by molar-refractivity contribution is 6.30. The SMILES string of the molecule is CCOC(=O)c1c(-c2c(O)c3ccccc3oc2=O)c(-c2ccccc2)n(-c2ccc(Cl)cc2)c1C. The summed E-state index contributed by atoms with van der Waals surface area (Å²) in [6, 6.07) is 23.2. The molecule has 0 aliphatic rings. The number of carbonyl (C=O) groups excluding carboxylic acids is 1. The molecule has 36 heavy (non-hydrogen) atoms. The second kappa shape index (κ2) is 9.40. The molecule has 5 aromatic rings. The van der Waals surface area contributed by atoms with Crippen molar-refractivity contribution < 1.29 is 19.1 Å². The summed E-state index contributed by atoms with van der Waals surface area (Å²) in [5.74, 6) is -0.875. The Hall–Kier alpha value is -4.29. The van der Waals surface area contributed by atoms with Gasteiger partial charge in [0.1, 0.15) is 16.9 Å². The van der Waals surface area contributed by atoms with Gasteiger partial charge in [-0.3, -0.25) is 0 Å². The van der Waals surface area contributed by atoms with Crippen molar-refractivity contribution >= 4 is 28.5 Å². The highest BCUT2D eigenvalue weighted by Gasteiger charge is 2.32. The molecule has 2 aromatic heterocycles. The Labute approximate surface area is 212 Å². The molecule has 0 bridgehead atoms. The number of nitrogens with zero attached hydrogens (tertiary/aromatic N) is 1. The Morgan fingerprint density at radius 1 is 0.972 bits per heavy atom. The monoisotopic (exact) mass is 499 g/mol. The van der Waals surface area contributed by atoms with Gasteiger partial charge in [-0.15, -0.1) is 0 Å². The lowest BCUT2D eigenvalue weighted by atomic mass is 9.96. The fraction of sp³-hybridized carbons (Fsp3) is 0.103. The normalized spacial score (nSPS) is 11.1. The average Bonchev–Trinajstić information content (AvgIpc) is 3.17. The summed E-state index contributed by atoms with van der Waals surface area (Å²) in [6.07, 6.45) is 0. The molecule has 5 rings (SSSR count). The van der Waals surface area contributed by atoms with E-state index in [0.29, 0.717) is 21.8 Å². The first-order chi connectivity index (χ1) is 17.4. The molecule has 0 fully saturated rings. The summed E-state index contributed by atoms with van der Waals surface area (Å²) in [5, 5.41) is 12.3. The van der Waals surface area contributed by atoms with Gasteiger partial charge in [0.2, 0.25) is 0 Å². The predicted molar refractivity (Wildman–Crippen MR) is 140 cm³/mol. The van der Waals surface area contributed by atoms with Crippen molar-refractivity contribution in [2.75, 3.05) is 6.61 Å². The standard InChI is InChI=1S/C29H22ClNO5/c1-3-35-28(33)23-17(2)31(20-15-13-19(30)14-16-20)26(18-9-5-4-6-10-18)24(23)25-27(32)21-11-7-8-12-22(21)36-29(25)34/h4-16,32H,3H2,1-2H3. The topological polar surface area (TPSA) is 81.7 Å². The molecule has 0 atom stereocenters. The minimum absolute atomic E-state index is 0.105. The molecular formula is C29H22ClNO5. The van der Waals surface area contributed by atoms with Gasteiger partial charge in [-0.25, -0.2) is 9.59 Å². The number of rotatable bonds is 5. The molecule has 1 N–H and O–H groups in total. The summed E-state index contributed by atoms with van der Waals surface area (Å²) in [7, 11) is 0. The Balaban J connectivity index is 1.98. The summed E-state index contributed by atoms with van der Waals surface area (Å²) in [4.78, 5) is 26.7. The van der Waals surface area contributed by atoms with Crippen molar-refractivity contribution in [2.24, 2.45) is 0 Å². The lowest BCUT2D eigenvalue weighted by Crippen LogP contribution is -2.10. The number of halogens is 1. The maximum Gasteiger partial charge on any atom is 0.348 e. The Bertz CT molecular complexity index is 1650. The van der Waals surface area contributed by atoms with Crippen LogP contribution in [-0.2, 0) is 4.74 Å². The van der Waals surface area contributed by atoms with Crippen LogP contribution in [0.15, 0.2) is 88.1 Å². The van der Waals surface area contributed by atoms with E-state index in [1.54, 1.807) is 50.2 Å². The third kappa shape index (κ3) is 3.85. The number of aromatic hydroxyl groups is 1. The van der Waals surface area contributed by atoms with Crippen LogP contribution in [0.2, 0.25) is 5.02 Å². The fourth-order valence-electron chi connectivity index (χ4n) is 4.52. The van der Waals surface area contributed by atoms with Crippen molar-refractivity contribution in [3.05, 3.63) is 106 Å². The Morgan fingerprint density at radius 2 is 1.64 bits per heavy atom. The number of aromatic nitrogens is 1. The van der Waals surface area contributed by atoms with Gasteiger partial charge in [0.15, 0.2) is 0 Å². The number of benzene rings is 3. The van der Waals surface area contributed by atoms with Crippen molar-refractivity contribution in [3.63, 3.8) is 0 Å². The molecule has 0 aliphatic carbocycles. The summed E-state index contributed by atoms with van der Waals surface area (Å²) >= 11 is 6.15. The molecule has 2 heterocycles. The van der Waals surface area contributed by atoms with E-state index in [-0.39, 0.29) is 34.6 Å². The van der Waals surface area contributed by atoms with Gasteiger partial charge in [0, 0.05) is 22.0 Å². The van der Waals surface area contributed by atoms with E-state index in [4.69, 9.17) is 20.8 Å². The molecule has 7 heteroatoms. The molecule has 6 nitrogen and oxygen atoms in total. The van der Waals surface area contributed by atoms with Gasteiger partial charge < -0.3 is 18.8 Å². The van der Waals surface area contributed by atoms with E-state index in [2.05, 4.69) is 0 Å². The molecular weight excluding hydrogens is 478 g/mol. The molecule has 0 saturated carbocycles. The first-order valence-electron chi connectivity index (χ1n) is 11.4. The van der Waals surface area contributed by atoms with Crippen molar-refractivity contribution in [1.29, 1.82) is 0 Å². The maximum absolute atomic E-state index is 13.4. The fourth-order valence-corrected chi connectivity index (χ4v) is 4.65. The summed E-state index contributed by atoms with van der Waals surface area (Å²) in [6.45, 7) is 3.63. The minimum atomic E-state index is -0.762. The molecule has 0 radical (unpaired) electrons. The number of fused-ring (bicyclic) bond motifs is 1. The van der Waals surface area contributed by atoms with Gasteiger partial charge in [-0.1, -0.05) is 54.1 Å². The van der Waals surface area contributed by atoms with Crippen LogP contribution >= 0.6 is 11.6 Å². The van der Waals surface area contributed by atoms with Crippen LogP contribution < -0.4 is 5.63 Å². The van der Waals surface area contributed by atoms with Gasteiger partial charge in [-0.05, 0) is 55.8 Å². The quantitative estimate of drug-likeness (QED) is 0.213. The number of carbonyl (C=O) groups is 1. The van der Waals surface area contributed by atoms with E-state index in [1.165, 1.54) is 0 Å². The zero-order valence-corrected chi connectivity index (χ0v) is 20.4. The number of hydrogen-bond acceptors (Lipinski definition) is 5. The zero-order valence-electron chi connectivity index (χ0n) is 19.6. The van der Waals surface area contributed by atoms with E-state index in [0.717, 1.165) is 11.3 Å². The molecule has 180 valence electrons. The van der Waals surface area contributed by atoms with Crippen LogP contribution in [0.5, 0.6) is 5.75 Å². The summed E-state index contributed by atoms with van der Waals surface area (Å²) < 4.78 is 12.9. The lowest BCUT2D eigenvalue weighted by molar-refractivity contribution is 0.0526. The second-order valence-electron chi connectivity index (χ2n) is 8.19.